The Balaban J connectivity index is 0.00000194. The Hall–Kier alpha value is -2.79. The number of aryl methyl sites for hydroxylation is 1. The molecule has 2 rings (SSSR count). The van der Waals surface area contributed by atoms with E-state index in [1.165, 1.54) is 19.6 Å². The number of carbonyl (C=O) groups excluding carboxylic acids is 4. The summed E-state index contributed by atoms with van der Waals surface area (Å²) in [6, 6.07) is -0.199. The lowest BCUT2D eigenvalue weighted by molar-refractivity contribution is -0.131. The van der Waals surface area contributed by atoms with Crippen molar-refractivity contribution in [3.05, 3.63) is 17.5 Å². The Bertz CT molecular complexity index is 849. The lowest BCUT2D eigenvalue weighted by Crippen LogP contribution is -2.52. The molecule has 3 N–H and O–H groups in total. The Morgan fingerprint density at radius 3 is 2.29 bits per heavy atom. The highest BCUT2D eigenvalue weighted by Gasteiger charge is 2.50. The van der Waals surface area contributed by atoms with Crippen molar-refractivity contribution in [1.82, 2.24) is 21.1 Å². The van der Waals surface area contributed by atoms with Crippen LogP contribution in [0.5, 0.6) is 0 Å². The molecule has 3 amide bonds. The smallest absolute Gasteiger partial charge is 0.274 e. The van der Waals surface area contributed by atoms with Gasteiger partial charge in [-0.1, -0.05) is 39.3 Å². The average Bonchev–Trinajstić information content (AvgIpc) is 3.39. The van der Waals surface area contributed by atoms with Gasteiger partial charge in [-0.15, -0.1) is 0 Å². The fourth-order valence-corrected chi connectivity index (χ4v) is 3.07. The fourth-order valence-electron chi connectivity index (χ4n) is 3.07. The third-order valence-electron chi connectivity index (χ3n) is 4.97. The van der Waals surface area contributed by atoms with Gasteiger partial charge in [0.15, 0.2) is 11.5 Å². The molecule has 1 aromatic rings. The second kappa shape index (κ2) is 14.6. The van der Waals surface area contributed by atoms with E-state index in [0.717, 1.165) is 0 Å². The van der Waals surface area contributed by atoms with Crippen molar-refractivity contribution in [2.24, 2.45) is 5.92 Å². The number of hydrogen-bond acceptors (Lipinski definition) is 8. The molecule has 198 valence electrons. The van der Waals surface area contributed by atoms with Gasteiger partial charge in [0, 0.05) is 19.8 Å². The van der Waals surface area contributed by atoms with E-state index in [0.29, 0.717) is 18.8 Å². The number of ether oxygens (including phenoxy) is 2. The maximum atomic E-state index is 12.6. The molecule has 3 unspecified atom stereocenters. The average molecular weight is 497 g/mol. The molecule has 3 atom stereocenters. The lowest BCUT2D eigenvalue weighted by atomic mass is 9.93. The summed E-state index contributed by atoms with van der Waals surface area (Å²) < 4.78 is 15.1. The fraction of sp³-hybridized carbons (Fsp3) is 0.708. The van der Waals surface area contributed by atoms with Crippen molar-refractivity contribution in [2.45, 2.75) is 78.5 Å². The zero-order chi connectivity index (χ0) is 26.6. The first-order chi connectivity index (χ1) is 16.5. The van der Waals surface area contributed by atoms with Crippen molar-refractivity contribution in [1.29, 1.82) is 0 Å². The first-order valence-electron chi connectivity index (χ1n) is 12.0. The van der Waals surface area contributed by atoms with E-state index in [1.807, 2.05) is 13.8 Å². The molecule has 1 aromatic heterocycles. The monoisotopic (exact) mass is 496 g/mol. The van der Waals surface area contributed by atoms with Crippen LogP contribution in [-0.4, -0.2) is 73.2 Å². The molecule has 35 heavy (non-hydrogen) atoms. The van der Waals surface area contributed by atoms with Crippen LogP contribution in [0.2, 0.25) is 0 Å². The van der Waals surface area contributed by atoms with E-state index in [2.05, 4.69) is 35.0 Å². The van der Waals surface area contributed by atoms with Gasteiger partial charge in [0.05, 0.1) is 19.2 Å². The van der Waals surface area contributed by atoms with Gasteiger partial charge in [0.1, 0.15) is 17.4 Å². The minimum Gasteiger partial charge on any atom is -0.385 e. The Labute approximate surface area is 207 Å². The molecule has 1 fully saturated rings. The Kier molecular flexibility index (Phi) is 12.6. The maximum Gasteiger partial charge on any atom is 0.274 e. The Morgan fingerprint density at radius 2 is 1.80 bits per heavy atom. The topological polar surface area (TPSA) is 152 Å². The summed E-state index contributed by atoms with van der Waals surface area (Å²) in [6.07, 6.45) is 1.90. The summed E-state index contributed by atoms with van der Waals surface area (Å²) in [5.41, 5.74) is -0.813. The van der Waals surface area contributed by atoms with Gasteiger partial charge in [0.25, 0.3) is 5.91 Å². The molecule has 1 saturated heterocycles. The molecule has 0 spiro atoms. The summed E-state index contributed by atoms with van der Waals surface area (Å²) in [7, 11) is 1.47. The molecule has 1 aliphatic heterocycles. The molecule has 2 heterocycles. The van der Waals surface area contributed by atoms with Crippen molar-refractivity contribution < 1.29 is 33.2 Å². The summed E-state index contributed by atoms with van der Waals surface area (Å²) >= 11 is 0. The van der Waals surface area contributed by atoms with Gasteiger partial charge in [-0.25, -0.2) is 0 Å². The standard InChI is InChI=1S/C21H32N4O7.C3H8/c1-12(2)8-15(18(27)21(4)11-31-21)23-17(26)10-22-19(28)14(6-7-30-5)24-20(29)16-9-13(3)32-25-16;1-3-2/h9,12,14-15H,6-8,10-11H2,1-5H3,(H,22,28)(H,23,26)(H,24,29);3H2,1-2H3. The molecule has 11 nitrogen and oxygen atoms in total. The van der Waals surface area contributed by atoms with Crippen molar-refractivity contribution in [3.63, 3.8) is 0 Å². The van der Waals surface area contributed by atoms with Gasteiger partial charge in [0.2, 0.25) is 11.8 Å². The van der Waals surface area contributed by atoms with Crippen molar-refractivity contribution in [3.8, 4) is 0 Å². The number of hydrogen-bond donors (Lipinski definition) is 3. The van der Waals surface area contributed by atoms with Crippen LogP contribution in [0.25, 0.3) is 0 Å². The summed E-state index contributed by atoms with van der Waals surface area (Å²) in [5.74, 6) is -1.20. The third-order valence-corrected chi connectivity index (χ3v) is 4.97. The van der Waals surface area contributed by atoms with Crippen LogP contribution in [-0.2, 0) is 23.9 Å². The highest BCUT2D eigenvalue weighted by Crippen LogP contribution is 2.29. The van der Waals surface area contributed by atoms with Gasteiger partial charge < -0.3 is 29.9 Å². The zero-order valence-corrected chi connectivity index (χ0v) is 21.9. The number of methoxy groups -OCH3 is 1. The van der Waals surface area contributed by atoms with Crippen LogP contribution in [0, 0.1) is 12.8 Å². The van der Waals surface area contributed by atoms with Gasteiger partial charge in [-0.2, -0.15) is 0 Å². The predicted molar refractivity (Wildman–Crippen MR) is 129 cm³/mol. The van der Waals surface area contributed by atoms with Crippen LogP contribution in [0.15, 0.2) is 10.6 Å². The number of epoxide rings is 1. The second-order valence-corrected chi connectivity index (χ2v) is 9.19. The van der Waals surface area contributed by atoms with Gasteiger partial charge >= 0.3 is 0 Å². The number of rotatable bonds is 13. The normalized spacial score (nSPS) is 18.1. The minimum atomic E-state index is -0.945. The molecule has 0 saturated carbocycles. The Morgan fingerprint density at radius 1 is 1.17 bits per heavy atom. The number of aromatic nitrogens is 1. The first-order valence-corrected chi connectivity index (χ1v) is 12.0. The van der Waals surface area contributed by atoms with E-state index < -0.39 is 35.4 Å². The number of nitrogens with zero attached hydrogens (tertiary/aromatic N) is 1. The summed E-state index contributed by atoms with van der Waals surface area (Å²) in [4.78, 5) is 50.0. The maximum absolute atomic E-state index is 12.6. The van der Waals surface area contributed by atoms with Crippen LogP contribution < -0.4 is 16.0 Å². The van der Waals surface area contributed by atoms with E-state index in [4.69, 9.17) is 14.0 Å². The zero-order valence-electron chi connectivity index (χ0n) is 21.9. The minimum absolute atomic E-state index is 0.0429. The number of ketones is 1. The second-order valence-electron chi connectivity index (χ2n) is 9.19. The van der Waals surface area contributed by atoms with Crippen LogP contribution in [0.4, 0.5) is 0 Å². The molecule has 0 aromatic carbocycles. The SMILES string of the molecule is CCC.COCCC(NC(=O)c1cc(C)on1)C(=O)NCC(=O)NC(CC(C)C)C(=O)C1(C)CO1. The van der Waals surface area contributed by atoms with Crippen molar-refractivity contribution >= 4 is 23.5 Å². The van der Waals surface area contributed by atoms with E-state index in [9.17, 15) is 19.2 Å². The van der Waals surface area contributed by atoms with Crippen molar-refractivity contribution in [2.75, 3.05) is 26.9 Å². The number of Topliss-reactive ketones (excluding diaryl/α,β-unsaturated/α-hetero) is 1. The van der Waals surface area contributed by atoms with E-state index in [1.54, 1.807) is 13.8 Å². The molecule has 0 radical (unpaired) electrons. The number of nitrogens with one attached hydrogen (secondary N) is 3. The summed E-state index contributed by atoms with van der Waals surface area (Å²) in [6.45, 7) is 11.7. The predicted octanol–water partition coefficient (Wildman–Crippen LogP) is 1.54. The molecular weight excluding hydrogens is 456 g/mol. The quantitative estimate of drug-likeness (QED) is 0.348. The lowest BCUT2D eigenvalue weighted by Gasteiger charge is -2.22. The molecule has 0 bridgehead atoms. The third kappa shape index (κ3) is 10.6. The molecule has 0 aliphatic carbocycles. The van der Waals surface area contributed by atoms with Crippen LogP contribution in [0.1, 0.15) is 70.1 Å². The highest BCUT2D eigenvalue weighted by molar-refractivity contribution is 5.98. The largest absolute Gasteiger partial charge is 0.385 e. The van der Waals surface area contributed by atoms with Gasteiger partial charge in [-0.05, 0) is 32.6 Å². The first kappa shape index (κ1) is 30.2. The van der Waals surface area contributed by atoms with Crippen LogP contribution in [0.3, 0.4) is 0 Å². The van der Waals surface area contributed by atoms with Crippen LogP contribution >= 0.6 is 0 Å². The van der Waals surface area contributed by atoms with E-state index in [-0.39, 0.29) is 37.0 Å². The molecular formula is C24H40N4O7. The highest BCUT2D eigenvalue weighted by atomic mass is 16.6. The van der Waals surface area contributed by atoms with Gasteiger partial charge in [-0.3, -0.25) is 19.2 Å². The number of amides is 3. The molecule has 1 aliphatic rings. The van der Waals surface area contributed by atoms with E-state index >= 15 is 0 Å². The number of carbonyl (C=O) groups is 4. The summed E-state index contributed by atoms with van der Waals surface area (Å²) in [5, 5.41) is 11.4. The molecule has 11 heteroatoms.